The minimum absolute atomic E-state index is 0.318. The summed E-state index contributed by atoms with van der Waals surface area (Å²) in [5, 5.41) is 3.55. The summed E-state index contributed by atoms with van der Waals surface area (Å²) >= 11 is 0. The van der Waals surface area contributed by atoms with Gasteiger partial charge in [0.15, 0.2) is 0 Å². The number of carbonyl (C=O) groups excluding carboxylic acids is 2. The number of pyridine rings is 1. The van der Waals surface area contributed by atoms with Crippen LogP contribution in [0.25, 0.3) is 10.9 Å². The van der Waals surface area contributed by atoms with Crippen LogP contribution in [-0.2, 0) is 9.59 Å². The summed E-state index contributed by atoms with van der Waals surface area (Å²) in [6, 6.07) is 9.18. The van der Waals surface area contributed by atoms with Crippen molar-refractivity contribution in [2.75, 3.05) is 5.32 Å². The Hall–Kier alpha value is -2.23. The molecule has 0 bridgehead atoms. The molecular formula is C18H22N2O2. The molecule has 4 nitrogen and oxygen atoms in total. The quantitative estimate of drug-likeness (QED) is 0.589. The molecule has 0 radical (unpaired) electrons. The SMILES string of the molecule is CCCCCCCC(=O)C(=O)Nc1cccc2ncccc12. The number of rotatable bonds is 8. The van der Waals surface area contributed by atoms with Gasteiger partial charge in [0.2, 0.25) is 5.78 Å². The van der Waals surface area contributed by atoms with Gasteiger partial charge in [-0.2, -0.15) is 0 Å². The van der Waals surface area contributed by atoms with E-state index in [1.807, 2.05) is 24.3 Å². The molecule has 0 saturated carbocycles. The van der Waals surface area contributed by atoms with Gasteiger partial charge in [0.05, 0.1) is 11.2 Å². The molecule has 1 heterocycles. The molecule has 0 aliphatic rings. The molecule has 0 saturated heterocycles. The highest BCUT2D eigenvalue weighted by Gasteiger charge is 2.14. The van der Waals surface area contributed by atoms with Crippen LogP contribution in [0, 0.1) is 0 Å². The van der Waals surface area contributed by atoms with Gasteiger partial charge in [-0.1, -0.05) is 38.7 Å². The van der Waals surface area contributed by atoms with Crippen molar-refractivity contribution in [2.24, 2.45) is 0 Å². The summed E-state index contributed by atoms with van der Waals surface area (Å²) in [6.45, 7) is 2.15. The minimum Gasteiger partial charge on any atom is -0.319 e. The van der Waals surface area contributed by atoms with Crippen LogP contribution in [0.4, 0.5) is 5.69 Å². The van der Waals surface area contributed by atoms with Gasteiger partial charge in [-0.05, 0) is 30.7 Å². The van der Waals surface area contributed by atoms with Crippen molar-refractivity contribution in [3.63, 3.8) is 0 Å². The fourth-order valence-corrected chi connectivity index (χ4v) is 2.41. The Labute approximate surface area is 130 Å². The molecule has 2 rings (SSSR count). The number of Topliss-reactive ketones (excluding diaryl/α,β-unsaturated/α-hetero) is 1. The van der Waals surface area contributed by atoms with E-state index in [9.17, 15) is 9.59 Å². The van der Waals surface area contributed by atoms with Crippen molar-refractivity contribution in [2.45, 2.75) is 45.4 Å². The molecule has 0 spiro atoms. The lowest BCUT2D eigenvalue weighted by molar-refractivity contribution is -0.134. The van der Waals surface area contributed by atoms with Crippen molar-refractivity contribution >= 4 is 28.3 Å². The first-order chi connectivity index (χ1) is 10.7. The van der Waals surface area contributed by atoms with Crippen LogP contribution in [0.1, 0.15) is 45.4 Å². The Morgan fingerprint density at radius 1 is 1.05 bits per heavy atom. The third-order valence-electron chi connectivity index (χ3n) is 3.65. The standard InChI is InChI=1S/C18H22N2O2/c1-2-3-4-5-6-12-17(21)18(22)20-16-11-7-10-15-14(16)9-8-13-19-15/h7-11,13H,2-6,12H2,1H3,(H,20,22). The van der Waals surface area contributed by atoms with Crippen molar-refractivity contribution in [3.05, 3.63) is 36.5 Å². The molecule has 0 unspecified atom stereocenters. The summed E-state index contributed by atoms with van der Waals surface area (Å²) in [7, 11) is 0. The number of nitrogens with zero attached hydrogens (tertiary/aromatic N) is 1. The van der Waals surface area contributed by atoms with Crippen LogP contribution < -0.4 is 5.32 Å². The molecule has 0 fully saturated rings. The molecule has 116 valence electrons. The van der Waals surface area contributed by atoms with E-state index in [-0.39, 0.29) is 5.78 Å². The topological polar surface area (TPSA) is 59.1 Å². The van der Waals surface area contributed by atoms with Gasteiger partial charge in [-0.15, -0.1) is 0 Å². The minimum atomic E-state index is -0.535. The zero-order valence-corrected chi connectivity index (χ0v) is 13.0. The molecule has 0 atom stereocenters. The maximum atomic E-state index is 12.0. The molecule has 1 aromatic carbocycles. The lowest BCUT2D eigenvalue weighted by Crippen LogP contribution is -2.22. The number of hydrogen-bond acceptors (Lipinski definition) is 3. The number of anilines is 1. The normalized spacial score (nSPS) is 10.6. The number of nitrogens with one attached hydrogen (secondary N) is 1. The van der Waals surface area contributed by atoms with Crippen LogP contribution in [0.3, 0.4) is 0 Å². The third-order valence-corrected chi connectivity index (χ3v) is 3.65. The first-order valence-electron chi connectivity index (χ1n) is 7.90. The number of fused-ring (bicyclic) bond motifs is 1. The fraction of sp³-hybridized carbons (Fsp3) is 0.389. The van der Waals surface area contributed by atoms with Crippen LogP contribution in [0.5, 0.6) is 0 Å². The third kappa shape index (κ3) is 4.38. The second-order valence-electron chi connectivity index (χ2n) is 5.42. The Kier molecular flexibility index (Phi) is 6.07. The summed E-state index contributed by atoms with van der Waals surface area (Å²) in [5.74, 6) is -0.885. The van der Waals surface area contributed by atoms with E-state index in [0.29, 0.717) is 12.1 Å². The fourth-order valence-electron chi connectivity index (χ4n) is 2.41. The number of unbranched alkanes of at least 4 members (excludes halogenated alkanes) is 4. The lowest BCUT2D eigenvalue weighted by atomic mass is 10.1. The molecule has 1 amide bonds. The summed E-state index contributed by atoms with van der Waals surface area (Å²) in [6.07, 6.45) is 7.29. The number of amides is 1. The second-order valence-corrected chi connectivity index (χ2v) is 5.42. The average molecular weight is 298 g/mol. The van der Waals surface area contributed by atoms with Crippen LogP contribution in [0.2, 0.25) is 0 Å². The number of benzene rings is 1. The molecule has 0 aliphatic carbocycles. The average Bonchev–Trinajstić information content (AvgIpc) is 2.54. The van der Waals surface area contributed by atoms with Crippen molar-refractivity contribution in [3.8, 4) is 0 Å². The molecule has 1 aromatic heterocycles. The summed E-state index contributed by atoms with van der Waals surface area (Å²) in [5.41, 5.74) is 1.43. The largest absolute Gasteiger partial charge is 0.319 e. The van der Waals surface area contributed by atoms with E-state index in [2.05, 4.69) is 17.2 Å². The van der Waals surface area contributed by atoms with Crippen LogP contribution >= 0.6 is 0 Å². The number of aromatic nitrogens is 1. The van der Waals surface area contributed by atoms with E-state index in [4.69, 9.17) is 0 Å². The first kappa shape index (κ1) is 16.1. The van der Waals surface area contributed by atoms with Crippen molar-refractivity contribution in [1.82, 2.24) is 4.98 Å². The van der Waals surface area contributed by atoms with Gasteiger partial charge in [-0.3, -0.25) is 14.6 Å². The monoisotopic (exact) mass is 298 g/mol. The highest BCUT2D eigenvalue weighted by Crippen LogP contribution is 2.21. The highest BCUT2D eigenvalue weighted by atomic mass is 16.2. The molecule has 22 heavy (non-hydrogen) atoms. The van der Waals surface area contributed by atoms with Gasteiger partial charge in [0, 0.05) is 18.0 Å². The first-order valence-corrected chi connectivity index (χ1v) is 7.90. The van der Waals surface area contributed by atoms with Gasteiger partial charge in [-0.25, -0.2) is 0 Å². The van der Waals surface area contributed by atoms with Gasteiger partial charge < -0.3 is 5.32 Å². The Morgan fingerprint density at radius 3 is 2.68 bits per heavy atom. The summed E-state index contributed by atoms with van der Waals surface area (Å²) in [4.78, 5) is 28.1. The Balaban J connectivity index is 1.92. The zero-order chi connectivity index (χ0) is 15.8. The van der Waals surface area contributed by atoms with E-state index in [1.165, 1.54) is 12.8 Å². The molecule has 4 heteroatoms. The Bertz CT molecular complexity index is 647. The lowest BCUT2D eigenvalue weighted by Gasteiger charge is -2.07. The van der Waals surface area contributed by atoms with E-state index in [0.717, 1.165) is 30.2 Å². The maximum Gasteiger partial charge on any atom is 0.291 e. The highest BCUT2D eigenvalue weighted by molar-refractivity contribution is 6.41. The summed E-state index contributed by atoms with van der Waals surface area (Å²) < 4.78 is 0. The van der Waals surface area contributed by atoms with Crippen molar-refractivity contribution in [1.29, 1.82) is 0 Å². The Morgan fingerprint density at radius 2 is 1.86 bits per heavy atom. The second kappa shape index (κ2) is 8.27. The molecule has 2 aromatic rings. The molecular weight excluding hydrogens is 276 g/mol. The van der Waals surface area contributed by atoms with Gasteiger partial charge >= 0.3 is 0 Å². The molecule has 1 N–H and O–H groups in total. The van der Waals surface area contributed by atoms with E-state index >= 15 is 0 Å². The number of hydrogen-bond donors (Lipinski definition) is 1. The van der Waals surface area contributed by atoms with Crippen LogP contribution in [0.15, 0.2) is 36.5 Å². The smallest absolute Gasteiger partial charge is 0.291 e. The predicted molar refractivity (Wildman–Crippen MR) is 88.8 cm³/mol. The van der Waals surface area contributed by atoms with E-state index < -0.39 is 5.91 Å². The van der Waals surface area contributed by atoms with Gasteiger partial charge in [0.25, 0.3) is 5.91 Å². The van der Waals surface area contributed by atoms with Gasteiger partial charge in [0.1, 0.15) is 0 Å². The maximum absolute atomic E-state index is 12.0. The molecule has 0 aliphatic heterocycles. The van der Waals surface area contributed by atoms with Crippen LogP contribution in [-0.4, -0.2) is 16.7 Å². The number of ketones is 1. The zero-order valence-electron chi connectivity index (χ0n) is 13.0. The number of carbonyl (C=O) groups is 2. The predicted octanol–water partition coefficient (Wildman–Crippen LogP) is 4.10. The van der Waals surface area contributed by atoms with E-state index in [1.54, 1.807) is 12.3 Å². The van der Waals surface area contributed by atoms with Crippen molar-refractivity contribution < 1.29 is 9.59 Å².